The molecule has 5 rings (SSSR count). The molecule has 4 heterocycles. The van der Waals surface area contributed by atoms with Crippen LogP contribution in [0.2, 0.25) is 5.02 Å². The molecule has 0 atom stereocenters. The molecule has 0 spiro atoms. The average molecular weight is 374 g/mol. The van der Waals surface area contributed by atoms with Crippen LogP contribution in [-0.4, -0.2) is 34.1 Å². The SMILES string of the molecule is O=C1NCCCN1c1nc(-c2cnc3[nH]cc(C4CC4)c3c2Cl)cs1. The number of amides is 2. The number of rotatable bonds is 3. The maximum absolute atomic E-state index is 12.0. The Bertz CT molecular complexity index is 977. The third-order valence-corrected chi connectivity index (χ3v) is 6.02. The summed E-state index contributed by atoms with van der Waals surface area (Å²) in [6.07, 6.45) is 7.11. The van der Waals surface area contributed by atoms with Crippen LogP contribution in [-0.2, 0) is 0 Å². The quantitative estimate of drug-likeness (QED) is 0.724. The van der Waals surface area contributed by atoms with Crippen molar-refractivity contribution in [2.75, 3.05) is 18.0 Å². The largest absolute Gasteiger partial charge is 0.346 e. The predicted octanol–water partition coefficient (Wildman–Crippen LogP) is 4.14. The van der Waals surface area contributed by atoms with Gasteiger partial charge in [0.05, 0.1) is 10.7 Å². The van der Waals surface area contributed by atoms with Gasteiger partial charge in [-0.2, -0.15) is 0 Å². The van der Waals surface area contributed by atoms with Gasteiger partial charge < -0.3 is 10.3 Å². The van der Waals surface area contributed by atoms with E-state index in [1.54, 1.807) is 11.1 Å². The highest BCUT2D eigenvalue weighted by Gasteiger charge is 2.29. The highest BCUT2D eigenvalue weighted by atomic mass is 35.5. The van der Waals surface area contributed by atoms with Crippen molar-refractivity contribution in [1.82, 2.24) is 20.3 Å². The van der Waals surface area contributed by atoms with Crippen molar-refractivity contribution in [3.05, 3.63) is 28.4 Å². The smallest absolute Gasteiger partial charge is 0.323 e. The lowest BCUT2D eigenvalue weighted by Gasteiger charge is -2.24. The van der Waals surface area contributed by atoms with E-state index in [0.29, 0.717) is 22.6 Å². The minimum atomic E-state index is -0.0894. The molecule has 0 radical (unpaired) electrons. The number of urea groups is 1. The molecular formula is C17H16ClN5OS. The molecule has 2 aliphatic rings. The van der Waals surface area contributed by atoms with Crippen molar-refractivity contribution >= 4 is 45.1 Å². The molecule has 8 heteroatoms. The number of aromatic nitrogens is 3. The van der Waals surface area contributed by atoms with Crippen molar-refractivity contribution in [3.63, 3.8) is 0 Å². The molecule has 0 unspecified atom stereocenters. The van der Waals surface area contributed by atoms with Gasteiger partial charge in [-0.1, -0.05) is 11.6 Å². The molecule has 0 bridgehead atoms. The number of thiazole rings is 1. The highest BCUT2D eigenvalue weighted by molar-refractivity contribution is 7.14. The number of halogens is 1. The number of carbonyl (C=O) groups excluding carboxylic acids is 1. The summed E-state index contributed by atoms with van der Waals surface area (Å²) in [5.74, 6) is 0.589. The molecule has 128 valence electrons. The van der Waals surface area contributed by atoms with Crippen molar-refractivity contribution < 1.29 is 4.79 Å². The van der Waals surface area contributed by atoms with Crippen LogP contribution in [0.1, 0.15) is 30.7 Å². The second-order valence-electron chi connectivity index (χ2n) is 6.48. The Hall–Kier alpha value is -2.12. The maximum atomic E-state index is 12.0. The Labute approximate surface area is 153 Å². The van der Waals surface area contributed by atoms with Crippen LogP contribution in [0.15, 0.2) is 17.8 Å². The molecule has 0 aromatic carbocycles. The zero-order valence-electron chi connectivity index (χ0n) is 13.4. The van der Waals surface area contributed by atoms with E-state index in [1.807, 2.05) is 11.6 Å². The number of H-pyrrole nitrogens is 1. The van der Waals surface area contributed by atoms with E-state index in [9.17, 15) is 4.79 Å². The number of anilines is 1. The first-order chi connectivity index (χ1) is 12.2. The van der Waals surface area contributed by atoms with Crippen LogP contribution >= 0.6 is 22.9 Å². The summed E-state index contributed by atoms with van der Waals surface area (Å²) in [6.45, 7) is 1.41. The Morgan fingerprint density at radius 3 is 3.04 bits per heavy atom. The van der Waals surface area contributed by atoms with Crippen LogP contribution in [0, 0.1) is 0 Å². The van der Waals surface area contributed by atoms with Gasteiger partial charge in [0.15, 0.2) is 5.13 Å². The topological polar surface area (TPSA) is 73.9 Å². The standard InChI is InChI=1S/C17H16ClN5OS/c18-14-11(7-21-15-13(14)10(6-20-15)9-2-3-9)12-8-25-17(22-12)23-5-1-4-19-16(23)24/h6-9H,1-5H2,(H,19,24)(H,20,21). The van der Waals surface area contributed by atoms with Crippen LogP contribution in [0.4, 0.5) is 9.93 Å². The second kappa shape index (κ2) is 5.71. The van der Waals surface area contributed by atoms with Gasteiger partial charge in [-0.15, -0.1) is 11.3 Å². The first-order valence-corrected chi connectivity index (χ1v) is 9.65. The lowest BCUT2D eigenvalue weighted by atomic mass is 10.1. The van der Waals surface area contributed by atoms with E-state index in [1.165, 1.54) is 29.7 Å². The van der Waals surface area contributed by atoms with Gasteiger partial charge in [-0.25, -0.2) is 14.8 Å². The first-order valence-electron chi connectivity index (χ1n) is 8.39. The molecule has 1 aliphatic carbocycles. The lowest BCUT2D eigenvalue weighted by Crippen LogP contribution is -2.46. The van der Waals surface area contributed by atoms with Crippen molar-refractivity contribution in [2.24, 2.45) is 0 Å². The number of hydrogen-bond donors (Lipinski definition) is 2. The Kier molecular flexibility index (Phi) is 3.46. The minimum Gasteiger partial charge on any atom is -0.346 e. The zero-order valence-corrected chi connectivity index (χ0v) is 15.0. The normalized spacial score (nSPS) is 18.0. The molecule has 2 N–H and O–H groups in total. The summed E-state index contributed by atoms with van der Waals surface area (Å²) < 4.78 is 0. The maximum Gasteiger partial charge on any atom is 0.323 e. The van der Waals surface area contributed by atoms with Gasteiger partial charge in [0.2, 0.25) is 0 Å². The van der Waals surface area contributed by atoms with Crippen molar-refractivity contribution in [1.29, 1.82) is 0 Å². The van der Waals surface area contributed by atoms with E-state index in [4.69, 9.17) is 11.6 Å². The average Bonchev–Trinajstić information content (AvgIpc) is 3.18. The predicted molar refractivity (Wildman–Crippen MR) is 99.5 cm³/mol. The van der Waals surface area contributed by atoms with Gasteiger partial charge in [-0.3, -0.25) is 4.90 Å². The van der Waals surface area contributed by atoms with Crippen molar-refractivity contribution in [3.8, 4) is 11.3 Å². The van der Waals surface area contributed by atoms with E-state index in [2.05, 4.69) is 20.3 Å². The van der Waals surface area contributed by atoms with Crippen LogP contribution < -0.4 is 10.2 Å². The summed E-state index contributed by atoms with van der Waals surface area (Å²) in [4.78, 5) is 26.1. The fraction of sp³-hybridized carbons (Fsp3) is 0.353. The van der Waals surface area contributed by atoms with Gasteiger partial charge in [0, 0.05) is 41.8 Å². The molecule has 25 heavy (non-hydrogen) atoms. The number of nitrogens with one attached hydrogen (secondary N) is 2. The van der Waals surface area contributed by atoms with E-state index < -0.39 is 0 Å². The molecule has 6 nitrogen and oxygen atoms in total. The number of carbonyl (C=O) groups is 1. The van der Waals surface area contributed by atoms with Crippen LogP contribution in [0.5, 0.6) is 0 Å². The number of nitrogens with zero attached hydrogens (tertiary/aromatic N) is 3. The Balaban J connectivity index is 1.56. The zero-order chi connectivity index (χ0) is 17.0. The van der Waals surface area contributed by atoms with Gasteiger partial charge in [-0.05, 0) is 30.7 Å². The van der Waals surface area contributed by atoms with Gasteiger partial charge in [0.1, 0.15) is 5.65 Å². The molecule has 2 amide bonds. The van der Waals surface area contributed by atoms with Gasteiger partial charge in [0.25, 0.3) is 0 Å². The molecule has 3 aromatic heterocycles. The van der Waals surface area contributed by atoms with Gasteiger partial charge >= 0.3 is 6.03 Å². The summed E-state index contributed by atoms with van der Waals surface area (Å²) >= 11 is 8.18. The first kappa shape index (κ1) is 15.2. The molecule has 1 saturated carbocycles. The molecule has 3 aromatic rings. The monoisotopic (exact) mass is 373 g/mol. The Morgan fingerprint density at radius 2 is 2.24 bits per heavy atom. The molecule has 1 aliphatic heterocycles. The summed E-state index contributed by atoms with van der Waals surface area (Å²) in [5, 5.41) is 7.18. The number of pyridine rings is 1. The van der Waals surface area contributed by atoms with Crippen LogP contribution in [0.25, 0.3) is 22.3 Å². The third-order valence-electron chi connectivity index (χ3n) is 4.76. The summed E-state index contributed by atoms with van der Waals surface area (Å²) in [7, 11) is 0. The van der Waals surface area contributed by atoms with E-state index in [-0.39, 0.29) is 6.03 Å². The second-order valence-corrected chi connectivity index (χ2v) is 7.69. The minimum absolute atomic E-state index is 0.0894. The number of fused-ring (bicyclic) bond motifs is 1. The summed E-state index contributed by atoms with van der Waals surface area (Å²) in [5.41, 5.74) is 3.65. The molecule has 2 fully saturated rings. The van der Waals surface area contributed by atoms with E-state index in [0.717, 1.165) is 35.3 Å². The fourth-order valence-electron chi connectivity index (χ4n) is 3.30. The Morgan fingerprint density at radius 1 is 1.36 bits per heavy atom. The highest BCUT2D eigenvalue weighted by Crippen LogP contribution is 2.46. The number of hydrogen-bond acceptors (Lipinski definition) is 4. The lowest BCUT2D eigenvalue weighted by molar-refractivity contribution is 0.243. The number of aromatic amines is 1. The molecular weight excluding hydrogens is 358 g/mol. The fourth-order valence-corrected chi connectivity index (χ4v) is 4.49. The summed E-state index contributed by atoms with van der Waals surface area (Å²) in [6, 6.07) is -0.0894. The van der Waals surface area contributed by atoms with Crippen LogP contribution in [0.3, 0.4) is 0 Å². The van der Waals surface area contributed by atoms with Crippen molar-refractivity contribution in [2.45, 2.75) is 25.2 Å². The van der Waals surface area contributed by atoms with E-state index >= 15 is 0 Å². The third kappa shape index (κ3) is 2.49. The molecule has 1 saturated heterocycles.